The number of hydrogen-bond donors (Lipinski definition) is 2. The lowest BCUT2D eigenvalue weighted by Gasteiger charge is -2.22. The van der Waals surface area contributed by atoms with Crippen molar-refractivity contribution < 1.29 is 9.59 Å². The maximum Gasteiger partial charge on any atom is 0.229 e. The van der Waals surface area contributed by atoms with Crippen molar-refractivity contribution in [2.75, 3.05) is 22.1 Å². The van der Waals surface area contributed by atoms with E-state index in [0.29, 0.717) is 18.4 Å². The molecule has 0 aromatic heterocycles. The second-order valence-electron chi connectivity index (χ2n) is 10.1. The minimum Gasteiger partial charge on any atom is -0.355 e. The van der Waals surface area contributed by atoms with Gasteiger partial charge in [0.1, 0.15) is 0 Å². The molecule has 5 heteroatoms. The maximum atomic E-state index is 13.0. The van der Waals surface area contributed by atoms with Gasteiger partial charge < -0.3 is 15.5 Å². The summed E-state index contributed by atoms with van der Waals surface area (Å²) >= 11 is 0. The van der Waals surface area contributed by atoms with Crippen molar-refractivity contribution in [1.29, 1.82) is 0 Å². The minimum atomic E-state index is -0.372. The van der Waals surface area contributed by atoms with Crippen LogP contribution in [-0.4, -0.2) is 18.4 Å². The fourth-order valence-electron chi connectivity index (χ4n) is 4.63. The molecular weight excluding hydrogens is 434 g/mol. The van der Waals surface area contributed by atoms with Crippen LogP contribution in [0.4, 0.5) is 22.7 Å². The van der Waals surface area contributed by atoms with E-state index in [1.54, 1.807) is 4.90 Å². The molecular formula is C30H35N3O2. The van der Waals surface area contributed by atoms with Crippen LogP contribution < -0.4 is 15.5 Å². The molecule has 1 atom stereocenters. The van der Waals surface area contributed by atoms with Crippen LogP contribution in [0.25, 0.3) is 0 Å². The van der Waals surface area contributed by atoms with Crippen LogP contribution >= 0.6 is 0 Å². The summed E-state index contributed by atoms with van der Waals surface area (Å²) in [5, 5.41) is 6.49. The van der Waals surface area contributed by atoms with Crippen molar-refractivity contribution in [3.8, 4) is 0 Å². The fraction of sp³-hybridized carbons (Fsp3) is 0.333. The molecule has 1 heterocycles. The number of carbonyl (C=O) groups is 2. The summed E-state index contributed by atoms with van der Waals surface area (Å²) in [7, 11) is 0. The van der Waals surface area contributed by atoms with E-state index < -0.39 is 0 Å². The Labute approximate surface area is 208 Å². The summed E-state index contributed by atoms with van der Waals surface area (Å²) in [6.45, 7) is 9.07. The van der Waals surface area contributed by atoms with Crippen molar-refractivity contribution in [2.45, 2.75) is 46.5 Å². The highest BCUT2D eigenvalue weighted by molar-refractivity contribution is 6.04. The van der Waals surface area contributed by atoms with Crippen molar-refractivity contribution >= 4 is 34.6 Å². The highest BCUT2D eigenvalue weighted by atomic mass is 16.2. The third kappa shape index (κ3) is 5.91. The Morgan fingerprint density at radius 1 is 0.914 bits per heavy atom. The number of nitrogens with one attached hydrogen (secondary N) is 2. The van der Waals surface area contributed by atoms with Gasteiger partial charge in [-0.1, -0.05) is 64.1 Å². The SMILES string of the molecule is CC(C)Cc1ccccc1Nc1ccc(NC(=O)C2CC(=O)N(c3ccccc3C(C)C)C2)cc1. The van der Waals surface area contributed by atoms with Gasteiger partial charge in [-0.25, -0.2) is 0 Å². The molecule has 0 radical (unpaired) electrons. The molecule has 35 heavy (non-hydrogen) atoms. The average molecular weight is 470 g/mol. The Hall–Kier alpha value is -3.60. The van der Waals surface area contributed by atoms with Gasteiger partial charge in [-0.15, -0.1) is 0 Å². The molecule has 0 saturated carbocycles. The average Bonchev–Trinajstić information content (AvgIpc) is 3.23. The van der Waals surface area contributed by atoms with Crippen molar-refractivity contribution in [2.24, 2.45) is 11.8 Å². The number of hydrogen-bond acceptors (Lipinski definition) is 3. The number of carbonyl (C=O) groups excluding carboxylic acids is 2. The van der Waals surface area contributed by atoms with Gasteiger partial charge in [-0.05, 0) is 65.8 Å². The van der Waals surface area contributed by atoms with Crippen LogP contribution in [0.3, 0.4) is 0 Å². The van der Waals surface area contributed by atoms with E-state index in [2.05, 4.69) is 62.6 Å². The normalized spacial score (nSPS) is 15.7. The first-order valence-electron chi connectivity index (χ1n) is 12.5. The van der Waals surface area contributed by atoms with Gasteiger partial charge >= 0.3 is 0 Å². The van der Waals surface area contributed by atoms with Crippen LogP contribution in [0.5, 0.6) is 0 Å². The van der Waals surface area contributed by atoms with E-state index in [-0.39, 0.29) is 24.2 Å². The number of para-hydroxylation sites is 2. The van der Waals surface area contributed by atoms with Gasteiger partial charge in [0.25, 0.3) is 0 Å². The standard InChI is InChI=1S/C30H35N3O2/c1-20(2)17-22-9-5-7-11-27(22)31-24-13-15-25(16-14-24)32-30(35)23-18-29(34)33(19-23)28-12-8-6-10-26(28)21(3)4/h5-16,20-21,23,31H,17-19H2,1-4H3,(H,32,35). The zero-order valence-electron chi connectivity index (χ0n) is 21.0. The molecule has 4 rings (SSSR count). The summed E-state index contributed by atoms with van der Waals surface area (Å²) < 4.78 is 0. The van der Waals surface area contributed by atoms with Gasteiger partial charge in [0.05, 0.1) is 5.92 Å². The summed E-state index contributed by atoms with van der Waals surface area (Å²) in [4.78, 5) is 27.5. The van der Waals surface area contributed by atoms with E-state index in [4.69, 9.17) is 0 Å². The molecule has 2 N–H and O–H groups in total. The Bertz CT molecular complexity index is 1180. The zero-order valence-corrected chi connectivity index (χ0v) is 21.0. The molecule has 5 nitrogen and oxygen atoms in total. The van der Waals surface area contributed by atoms with E-state index in [9.17, 15) is 9.59 Å². The lowest BCUT2D eigenvalue weighted by Crippen LogP contribution is -2.28. The molecule has 1 fully saturated rings. The van der Waals surface area contributed by atoms with Crippen molar-refractivity contribution in [3.05, 3.63) is 83.9 Å². The molecule has 1 unspecified atom stereocenters. The molecule has 2 amide bonds. The fourth-order valence-corrected chi connectivity index (χ4v) is 4.63. The monoisotopic (exact) mass is 469 g/mol. The topological polar surface area (TPSA) is 61.4 Å². The number of anilines is 4. The first-order chi connectivity index (χ1) is 16.8. The molecule has 1 aliphatic heterocycles. The lowest BCUT2D eigenvalue weighted by molar-refractivity contribution is -0.122. The van der Waals surface area contributed by atoms with Crippen molar-refractivity contribution in [1.82, 2.24) is 0 Å². The number of amides is 2. The smallest absolute Gasteiger partial charge is 0.229 e. The summed E-state index contributed by atoms with van der Waals surface area (Å²) in [5.74, 6) is 0.385. The van der Waals surface area contributed by atoms with Crippen LogP contribution in [0.1, 0.15) is 51.2 Å². The van der Waals surface area contributed by atoms with E-state index in [1.165, 1.54) is 5.56 Å². The second-order valence-corrected chi connectivity index (χ2v) is 10.1. The Morgan fingerprint density at radius 2 is 1.57 bits per heavy atom. The minimum absolute atomic E-state index is 0.00198. The van der Waals surface area contributed by atoms with Crippen molar-refractivity contribution in [3.63, 3.8) is 0 Å². The molecule has 1 aliphatic rings. The predicted octanol–water partition coefficient (Wildman–Crippen LogP) is 6.74. The summed E-state index contributed by atoms with van der Waals surface area (Å²) in [5.41, 5.74) is 6.12. The molecule has 182 valence electrons. The second kappa shape index (κ2) is 10.8. The molecule has 0 aliphatic carbocycles. The molecule has 1 saturated heterocycles. The number of rotatable bonds is 8. The van der Waals surface area contributed by atoms with Gasteiger partial charge in [-0.2, -0.15) is 0 Å². The summed E-state index contributed by atoms with van der Waals surface area (Å²) in [6.07, 6.45) is 1.24. The van der Waals surface area contributed by atoms with Crippen LogP contribution in [0, 0.1) is 11.8 Å². The quantitative estimate of drug-likeness (QED) is 0.384. The van der Waals surface area contributed by atoms with E-state index in [1.807, 2.05) is 48.5 Å². The third-order valence-corrected chi connectivity index (χ3v) is 6.42. The lowest BCUT2D eigenvalue weighted by atomic mass is 10.0. The maximum absolute atomic E-state index is 13.0. The van der Waals surface area contributed by atoms with Crippen LogP contribution in [0.2, 0.25) is 0 Å². The molecule has 3 aromatic rings. The largest absolute Gasteiger partial charge is 0.355 e. The number of nitrogens with zero attached hydrogens (tertiary/aromatic N) is 1. The van der Waals surface area contributed by atoms with E-state index >= 15 is 0 Å². The Kier molecular flexibility index (Phi) is 7.54. The first kappa shape index (κ1) is 24.5. The van der Waals surface area contributed by atoms with E-state index in [0.717, 1.165) is 34.7 Å². The molecule has 0 bridgehead atoms. The predicted molar refractivity (Wildman–Crippen MR) is 144 cm³/mol. The zero-order chi connectivity index (χ0) is 24.9. The van der Waals surface area contributed by atoms with Gasteiger partial charge in [0.15, 0.2) is 0 Å². The van der Waals surface area contributed by atoms with Gasteiger partial charge in [0, 0.05) is 35.7 Å². The van der Waals surface area contributed by atoms with Gasteiger partial charge in [-0.3, -0.25) is 9.59 Å². The molecule has 3 aromatic carbocycles. The Morgan fingerprint density at radius 3 is 2.29 bits per heavy atom. The van der Waals surface area contributed by atoms with Gasteiger partial charge in [0.2, 0.25) is 11.8 Å². The highest BCUT2D eigenvalue weighted by Gasteiger charge is 2.36. The first-order valence-corrected chi connectivity index (χ1v) is 12.5. The van der Waals surface area contributed by atoms with Crippen LogP contribution in [0.15, 0.2) is 72.8 Å². The summed E-state index contributed by atoms with van der Waals surface area (Å²) in [6, 6.07) is 24.0. The highest BCUT2D eigenvalue weighted by Crippen LogP contribution is 2.32. The molecule has 0 spiro atoms. The number of benzene rings is 3. The van der Waals surface area contributed by atoms with Crippen LogP contribution in [-0.2, 0) is 16.0 Å². The Balaban J connectivity index is 1.39. The third-order valence-electron chi connectivity index (χ3n) is 6.42.